The van der Waals surface area contributed by atoms with Crippen molar-refractivity contribution >= 4 is 51.9 Å². The van der Waals surface area contributed by atoms with E-state index >= 15 is 0 Å². The van der Waals surface area contributed by atoms with Gasteiger partial charge < -0.3 is 10.2 Å². The summed E-state index contributed by atoms with van der Waals surface area (Å²) in [6.07, 6.45) is 1.89. The zero-order valence-electron chi connectivity index (χ0n) is 15.6. The molecule has 0 aromatic heterocycles. The van der Waals surface area contributed by atoms with Crippen molar-refractivity contribution in [2.24, 2.45) is 4.99 Å². The summed E-state index contributed by atoms with van der Waals surface area (Å²) in [5, 5.41) is 4.05. The normalized spacial score (nSPS) is 16.8. The van der Waals surface area contributed by atoms with Crippen LogP contribution in [0.25, 0.3) is 6.08 Å². The quantitative estimate of drug-likeness (QED) is 0.686. The smallest absolute Gasteiger partial charge is 0.264 e. The second-order valence-electron chi connectivity index (χ2n) is 6.13. The van der Waals surface area contributed by atoms with Crippen molar-refractivity contribution in [1.29, 1.82) is 0 Å². The first-order chi connectivity index (χ1) is 13.0. The molecule has 1 fully saturated rings. The van der Waals surface area contributed by atoms with Crippen molar-refractivity contribution in [3.8, 4) is 0 Å². The minimum absolute atomic E-state index is 0.133. The molecule has 2 aromatic carbocycles. The number of hydrogen-bond donors (Lipinski definition) is 1. The van der Waals surface area contributed by atoms with E-state index < -0.39 is 0 Å². The highest BCUT2D eigenvalue weighted by molar-refractivity contribution is 8.18. The number of thioether (sulfide) groups is 1. The van der Waals surface area contributed by atoms with Crippen LogP contribution < -0.4 is 10.2 Å². The number of nitrogens with zero attached hydrogens (tertiary/aromatic N) is 2. The van der Waals surface area contributed by atoms with Crippen LogP contribution in [0.4, 0.5) is 11.4 Å². The summed E-state index contributed by atoms with van der Waals surface area (Å²) >= 11 is 7.48. The Morgan fingerprint density at radius 1 is 1.15 bits per heavy atom. The first-order valence-corrected chi connectivity index (χ1v) is 10.1. The number of carbonyl (C=O) groups excluding carboxylic acids is 1. The number of aliphatic imine (C=N–C) groups is 1. The Morgan fingerprint density at radius 3 is 2.52 bits per heavy atom. The van der Waals surface area contributed by atoms with E-state index in [-0.39, 0.29) is 5.91 Å². The van der Waals surface area contributed by atoms with Crippen molar-refractivity contribution in [1.82, 2.24) is 5.32 Å². The largest absolute Gasteiger partial charge is 0.372 e. The van der Waals surface area contributed by atoms with Gasteiger partial charge in [-0.05, 0) is 74.0 Å². The van der Waals surface area contributed by atoms with Gasteiger partial charge in [-0.15, -0.1) is 0 Å². The van der Waals surface area contributed by atoms with Crippen molar-refractivity contribution in [2.45, 2.75) is 20.8 Å². The Bertz CT molecular complexity index is 902. The van der Waals surface area contributed by atoms with E-state index in [1.807, 2.05) is 43.3 Å². The van der Waals surface area contributed by atoms with Gasteiger partial charge in [0.05, 0.1) is 10.6 Å². The van der Waals surface area contributed by atoms with Gasteiger partial charge in [-0.2, -0.15) is 0 Å². The number of amides is 1. The summed E-state index contributed by atoms with van der Waals surface area (Å²) in [6.45, 7) is 8.13. The minimum Gasteiger partial charge on any atom is -0.372 e. The lowest BCUT2D eigenvalue weighted by Crippen LogP contribution is -2.21. The van der Waals surface area contributed by atoms with Crippen LogP contribution in [0.5, 0.6) is 0 Å². The number of benzene rings is 2. The van der Waals surface area contributed by atoms with Gasteiger partial charge in [0.15, 0.2) is 5.17 Å². The molecule has 1 aliphatic heterocycles. The van der Waals surface area contributed by atoms with Gasteiger partial charge in [-0.1, -0.05) is 29.8 Å². The SMILES string of the molecule is CCN(CC)c1ccc(C=C2SC(=Nc3cccc(Cl)c3C)NC2=O)cc1. The number of rotatable bonds is 5. The van der Waals surface area contributed by atoms with Crippen LogP contribution in [0.15, 0.2) is 52.4 Å². The molecule has 0 aliphatic carbocycles. The molecule has 0 atom stereocenters. The summed E-state index contributed by atoms with van der Waals surface area (Å²) in [5.74, 6) is -0.133. The lowest BCUT2D eigenvalue weighted by atomic mass is 10.1. The van der Waals surface area contributed by atoms with Gasteiger partial charge in [0.25, 0.3) is 5.91 Å². The van der Waals surface area contributed by atoms with Crippen LogP contribution in [0.3, 0.4) is 0 Å². The maximum atomic E-state index is 12.3. The third-order valence-electron chi connectivity index (χ3n) is 4.43. The predicted octanol–water partition coefficient (Wildman–Crippen LogP) is 5.39. The average molecular weight is 400 g/mol. The number of anilines is 1. The van der Waals surface area contributed by atoms with Crippen molar-refractivity contribution < 1.29 is 4.79 Å². The van der Waals surface area contributed by atoms with E-state index in [4.69, 9.17) is 11.6 Å². The highest BCUT2D eigenvalue weighted by atomic mass is 35.5. The molecule has 0 saturated carbocycles. The molecular weight excluding hydrogens is 378 g/mol. The summed E-state index contributed by atoms with van der Waals surface area (Å²) in [4.78, 5) is 19.7. The van der Waals surface area contributed by atoms with E-state index in [0.29, 0.717) is 15.1 Å². The van der Waals surface area contributed by atoms with E-state index in [9.17, 15) is 4.79 Å². The Hall–Kier alpha value is -2.24. The molecule has 1 N–H and O–H groups in total. The molecule has 3 rings (SSSR count). The molecule has 1 saturated heterocycles. The average Bonchev–Trinajstić information content (AvgIpc) is 3.00. The second-order valence-corrected chi connectivity index (χ2v) is 7.57. The first kappa shape index (κ1) is 19.5. The molecule has 4 nitrogen and oxygen atoms in total. The van der Waals surface area contributed by atoms with Crippen LogP contribution in [-0.2, 0) is 4.79 Å². The molecule has 2 aromatic rings. The molecule has 6 heteroatoms. The number of nitrogens with one attached hydrogen (secondary N) is 1. The standard InChI is InChI=1S/C21H22ClN3OS/c1-4-25(5-2)16-11-9-15(10-12-16)13-19-20(26)24-21(27-19)23-18-8-6-7-17(22)14(18)3/h6-13H,4-5H2,1-3H3,(H,23,24,26). The van der Waals surface area contributed by atoms with Gasteiger partial charge in [-0.25, -0.2) is 4.99 Å². The van der Waals surface area contributed by atoms with Crippen molar-refractivity contribution in [3.05, 3.63) is 63.5 Å². The zero-order valence-corrected chi connectivity index (χ0v) is 17.2. The first-order valence-electron chi connectivity index (χ1n) is 8.91. The lowest BCUT2D eigenvalue weighted by molar-refractivity contribution is -0.115. The van der Waals surface area contributed by atoms with Crippen molar-refractivity contribution in [3.63, 3.8) is 0 Å². The van der Waals surface area contributed by atoms with Gasteiger partial charge in [0.1, 0.15) is 0 Å². The zero-order chi connectivity index (χ0) is 19.4. The van der Waals surface area contributed by atoms with Crippen LogP contribution >= 0.6 is 23.4 Å². The molecule has 0 bridgehead atoms. The molecular formula is C21H22ClN3OS. The summed E-state index contributed by atoms with van der Waals surface area (Å²) in [7, 11) is 0. The minimum atomic E-state index is -0.133. The molecule has 0 radical (unpaired) electrons. The van der Waals surface area contributed by atoms with E-state index in [1.165, 1.54) is 17.4 Å². The lowest BCUT2D eigenvalue weighted by Gasteiger charge is -2.20. The molecule has 140 valence electrons. The molecule has 1 amide bonds. The topological polar surface area (TPSA) is 44.7 Å². The number of amidine groups is 1. The second kappa shape index (κ2) is 8.63. The van der Waals surface area contributed by atoms with Gasteiger partial charge in [0, 0.05) is 23.8 Å². The Morgan fingerprint density at radius 2 is 1.85 bits per heavy atom. The third kappa shape index (κ3) is 4.54. The van der Waals surface area contributed by atoms with Crippen LogP contribution in [0, 0.1) is 6.92 Å². The fourth-order valence-corrected chi connectivity index (χ4v) is 3.83. The maximum absolute atomic E-state index is 12.3. The van der Waals surface area contributed by atoms with Crippen LogP contribution in [0.1, 0.15) is 25.0 Å². The van der Waals surface area contributed by atoms with Crippen molar-refractivity contribution in [2.75, 3.05) is 18.0 Å². The van der Waals surface area contributed by atoms with Gasteiger partial charge >= 0.3 is 0 Å². The third-order valence-corrected chi connectivity index (χ3v) is 5.75. The van der Waals surface area contributed by atoms with E-state index in [2.05, 4.69) is 41.2 Å². The van der Waals surface area contributed by atoms with Gasteiger partial charge in [-0.3, -0.25) is 4.79 Å². The molecule has 1 heterocycles. The Labute approximate surface area is 169 Å². The summed E-state index contributed by atoms with van der Waals surface area (Å²) in [6, 6.07) is 13.8. The molecule has 1 aliphatic rings. The Kier molecular flexibility index (Phi) is 6.24. The fourth-order valence-electron chi connectivity index (χ4n) is 2.83. The summed E-state index contributed by atoms with van der Waals surface area (Å²) in [5.41, 5.74) is 3.83. The number of hydrogen-bond acceptors (Lipinski definition) is 4. The molecule has 0 spiro atoms. The van der Waals surface area contributed by atoms with E-state index in [1.54, 1.807) is 0 Å². The molecule has 0 unspecified atom stereocenters. The fraction of sp³-hybridized carbons (Fsp3) is 0.238. The summed E-state index contributed by atoms with van der Waals surface area (Å²) < 4.78 is 0. The Balaban J connectivity index is 1.79. The van der Waals surface area contributed by atoms with Gasteiger partial charge in [0.2, 0.25) is 0 Å². The molecule has 27 heavy (non-hydrogen) atoms. The maximum Gasteiger partial charge on any atom is 0.264 e. The monoisotopic (exact) mass is 399 g/mol. The number of halogens is 1. The van der Waals surface area contributed by atoms with Crippen LogP contribution in [-0.4, -0.2) is 24.2 Å². The highest BCUT2D eigenvalue weighted by Crippen LogP contribution is 2.31. The highest BCUT2D eigenvalue weighted by Gasteiger charge is 2.24. The van der Waals surface area contributed by atoms with Crippen LogP contribution in [0.2, 0.25) is 5.02 Å². The van der Waals surface area contributed by atoms with E-state index in [0.717, 1.165) is 29.9 Å². The number of carbonyl (C=O) groups is 1. The predicted molar refractivity (Wildman–Crippen MR) is 117 cm³/mol.